The van der Waals surface area contributed by atoms with Crippen LogP contribution in [0, 0.1) is 0 Å². The fourth-order valence-corrected chi connectivity index (χ4v) is 2.88. The Bertz CT molecular complexity index is 829. The maximum Gasteiger partial charge on any atom is 0.263 e. The summed E-state index contributed by atoms with van der Waals surface area (Å²) in [5.41, 5.74) is 6.70. The molecule has 2 N–H and O–H groups in total. The van der Waals surface area contributed by atoms with Crippen molar-refractivity contribution in [3.63, 3.8) is 0 Å². The van der Waals surface area contributed by atoms with E-state index in [0.717, 1.165) is 22.1 Å². The quantitative estimate of drug-likeness (QED) is 0.826. The maximum absolute atomic E-state index is 12.2. The lowest BCUT2D eigenvalue weighted by Gasteiger charge is -2.22. The largest absolute Gasteiger partial charge is 0.488 e. The van der Waals surface area contributed by atoms with Crippen molar-refractivity contribution in [2.45, 2.75) is 45.8 Å². The van der Waals surface area contributed by atoms with Gasteiger partial charge >= 0.3 is 0 Å². The first-order valence-corrected chi connectivity index (χ1v) is 8.17. The van der Waals surface area contributed by atoms with Gasteiger partial charge in [0.05, 0.1) is 5.54 Å². The van der Waals surface area contributed by atoms with Gasteiger partial charge in [0.25, 0.3) is 5.91 Å². The van der Waals surface area contributed by atoms with Gasteiger partial charge in [0.1, 0.15) is 11.4 Å². The van der Waals surface area contributed by atoms with Gasteiger partial charge in [0.2, 0.25) is 0 Å². The molecule has 1 fully saturated rings. The highest BCUT2D eigenvalue weighted by atomic mass is 16.5. The average Bonchev–Trinajstić information content (AvgIpc) is 2.72. The van der Waals surface area contributed by atoms with E-state index in [-0.39, 0.29) is 11.5 Å². The van der Waals surface area contributed by atoms with Crippen molar-refractivity contribution in [3.8, 4) is 5.75 Å². The molecule has 4 nitrogen and oxygen atoms in total. The lowest BCUT2D eigenvalue weighted by molar-refractivity contribution is -0.116. The molecule has 24 heavy (non-hydrogen) atoms. The topological polar surface area (TPSA) is 50.4 Å². The molecule has 1 saturated heterocycles. The summed E-state index contributed by atoms with van der Waals surface area (Å²) in [7, 11) is 0. The zero-order chi connectivity index (χ0) is 17.5. The highest BCUT2D eigenvalue weighted by Gasteiger charge is 2.35. The molecule has 3 rings (SSSR count). The lowest BCUT2D eigenvalue weighted by atomic mass is 9.92. The smallest absolute Gasteiger partial charge is 0.263 e. The van der Waals surface area contributed by atoms with Crippen molar-refractivity contribution < 1.29 is 9.53 Å². The van der Waals surface area contributed by atoms with Gasteiger partial charge in [-0.25, -0.2) is 5.43 Å². The van der Waals surface area contributed by atoms with Crippen molar-refractivity contribution in [3.05, 3.63) is 47.5 Å². The average molecular weight is 324 g/mol. The van der Waals surface area contributed by atoms with Crippen LogP contribution in [0.25, 0.3) is 16.8 Å². The predicted molar refractivity (Wildman–Crippen MR) is 97.7 cm³/mol. The number of hydrogen-bond donors (Lipinski definition) is 2. The Morgan fingerprint density at radius 2 is 1.83 bits per heavy atom. The fourth-order valence-electron chi connectivity index (χ4n) is 2.88. The van der Waals surface area contributed by atoms with E-state index in [4.69, 9.17) is 4.74 Å². The molecule has 0 atom stereocenters. The number of carbonyl (C=O) groups is 1. The normalized spacial score (nSPS) is 18.9. The molecule has 1 heterocycles. The Hall–Kier alpha value is -2.33. The van der Waals surface area contributed by atoms with Crippen LogP contribution in [0.1, 0.15) is 40.2 Å². The van der Waals surface area contributed by atoms with Gasteiger partial charge < -0.3 is 4.74 Å². The van der Waals surface area contributed by atoms with E-state index in [9.17, 15) is 4.79 Å². The Balaban J connectivity index is 2.17. The SMILES string of the molecule is CC(C)(C)Oc1cc(/C=C2\C(=O)NNC2(C)C)c2ccccc2c1. The third-order valence-electron chi connectivity index (χ3n) is 4.00. The number of rotatable bonds is 2. The predicted octanol–water partition coefficient (Wildman–Crippen LogP) is 3.81. The molecule has 2 aromatic rings. The van der Waals surface area contributed by atoms with Crippen LogP contribution in [0.4, 0.5) is 0 Å². The third-order valence-corrected chi connectivity index (χ3v) is 4.00. The molecule has 0 spiro atoms. The highest BCUT2D eigenvalue weighted by Crippen LogP contribution is 2.31. The molecular weight excluding hydrogens is 300 g/mol. The second-order valence-electron chi connectivity index (χ2n) is 7.71. The van der Waals surface area contributed by atoms with E-state index in [1.54, 1.807) is 0 Å². The number of amides is 1. The summed E-state index contributed by atoms with van der Waals surface area (Å²) in [6.45, 7) is 10.0. The third kappa shape index (κ3) is 3.29. The second kappa shape index (κ2) is 5.64. The number of fused-ring (bicyclic) bond motifs is 1. The molecule has 1 amide bonds. The first kappa shape index (κ1) is 16.5. The van der Waals surface area contributed by atoms with Crippen LogP contribution < -0.4 is 15.6 Å². The van der Waals surface area contributed by atoms with Crippen LogP contribution in [-0.4, -0.2) is 17.0 Å². The molecular formula is C20H24N2O2. The second-order valence-corrected chi connectivity index (χ2v) is 7.71. The van der Waals surface area contributed by atoms with Gasteiger partial charge in [-0.15, -0.1) is 0 Å². The monoisotopic (exact) mass is 324 g/mol. The molecule has 2 aromatic carbocycles. The van der Waals surface area contributed by atoms with E-state index in [0.29, 0.717) is 5.57 Å². The van der Waals surface area contributed by atoms with Gasteiger partial charge in [0.15, 0.2) is 0 Å². The van der Waals surface area contributed by atoms with Gasteiger partial charge in [-0.2, -0.15) is 0 Å². The molecule has 4 heteroatoms. The van der Waals surface area contributed by atoms with Crippen LogP contribution in [0.5, 0.6) is 5.75 Å². The summed E-state index contributed by atoms with van der Waals surface area (Å²) in [6.07, 6.45) is 1.95. The summed E-state index contributed by atoms with van der Waals surface area (Å²) in [4.78, 5) is 12.2. The molecule has 0 bridgehead atoms. The molecule has 0 aliphatic carbocycles. The van der Waals surface area contributed by atoms with Crippen LogP contribution in [-0.2, 0) is 4.79 Å². The maximum atomic E-state index is 12.2. The summed E-state index contributed by atoms with van der Waals surface area (Å²) < 4.78 is 6.05. The summed E-state index contributed by atoms with van der Waals surface area (Å²) in [6, 6.07) is 12.2. The van der Waals surface area contributed by atoms with Crippen molar-refractivity contribution in [2.24, 2.45) is 0 Å². The lowest BCUT2D eigenvalue weighted by Crippen LogP contribution is -2.38. The molecule has 1 aliphatic heterocycles. The van der Waals surface area contributed by atoms with Crippen LogP contribution >= 0.6 is 0 Å². The molecule has 0 radical (unpaired) electrons. The van der Waals surface area contributed by atoms with Crippen molar-refractivity contribution in [2.75, 3.05) is 0 Å². The van der Waals surface area contributed by atoms with E-state index in [1.165, 1.54) is 0 Å². The van der Waals surface area contributed by atoms with Crippen LogP contribution in [0.3, 0.4) is 0 Å². The number of hydrogen-bond acceptors (Lipinski definition) is 3. The Morgan fingerprint density at radius 1 is 1.12 bits per heavy atom. The number of hydrazine groups is 1. The summed E-state index contributed by atoms with van der Waals surface area (Å²) in [5, 5.41) is 2.19. The van der Waals surface area contributed by atoms with Gasteiger partial charge in [-0.1, -0.05) is 24.3 Å². The fraction of sp³-hybridized carbons (Fsp3) is 0.350. The first-order valence-electron chi connectivity index (χ1n) is 8.17. The Morgan fingerprint density at radius 3 is 2.46 bits per heavy atom. The molecule has 126 valence electrons. The molecule has 0 aromatic heterocycles. The Labute approximate surface area is 142 Å². The standard InChI is InChI=1S/C20H24N2O2/c1-19(2,3)24-15-10-13-8-6-7-9-16(13)14(11-15)12-17-18(23)21-22-20(17,4)5/h6-12,22H,1-5H3,(H,21,23)/b17-12+. The minimum Gasteiger partial charge on any atom is -0.488 e. The van der Waals surface area contributed by atoms with Crippen molar-refractivity contribution >= 4 is 22.8 Å². The summed E-state index contributed by atoms with van der Waals surface area (Å²) in [5.74, 6) is 0.712. The van der Waals surface area contributed by atoms with E-state index < -0.39 is 5.54 Å². The van der Waals surface area contributed by atoms with E-state index in [1.807, 2.05) is 65.0 Å². The van der Waals surface area contributed by atoms with E-state index in [2.05, 4.69) is 23.0 Å². The highest BCUT2D eigenvalue weighted by molar-refractivity contribution is 6.04. The molecule has 1 aliphatic rings. The van der Waals surface area contributed by atoms with Gasteiger partial charge in [-0.3, -0.25) is 10.2 Å². The summed E-state index contributed by atoms with van der Waals surface area (Å²) >= 11 is 0. The number of benzene rings is 2. The van der Waals surface area contributed by atoms with Gasteiger partial charge in [0, 0.05) is 5.57 Å². The van der Waals surface area contributed by atoms with Crippen LogP contribution in [0.15, 0.2) is 42.0 Å². The first-order chi connectivity index (χ1) is 11.2. The van der Waals surface area contributed by atoms with Crippen molar-refractivity contribution in [1.29, 1.82) is 0 Å². The van der Waals surface area contributed by atoms with E-state index >= 15 is 0 Å². The minimum atomic E-state index is -0.418. The zero-order valence-electron chi connectivity index (χ0n) is 14.9. The number of ether oxygens (including phenoxy) is 1. The minimum absolute atomic E-state index is 0.0915. The Kier molecular flexibility index (Phi) is 3.88. The molecule has 0 unspecified atom stereocenters. The zero-order valence-corrected chi connectivity index (χ0v) is 14.9. The number of carbonyl (C=O) groups excluding carboxylic acids is 1. The number of nitrogens with one attached hydrogen (secondary N) is 2. The van der Waals surface area contributed by atoms with Crippen molar-refractivity contribution in [1.82, 2.24) is 10.9 Å². The molecule has 0 saturated carbocycles. The van der Waals surface area contributed by atoms with Gasteiger partial charge in [-0.05, 0) is 69.2 Å². The van der Waals surface area contributed by atoms with Crippen LogP contribution in [0.2, 0.25) is 0 Å².